The Morgan fingerprint density at radius 1 is 1.30 bits per heavy atom. The van der Waals surface area contributed by atoms with E-state index in [2.05, 4.69) is 16.5 Å². The first-order valence-corrected chi connectivity index (χ1v) is 7.93. The van der Waals surface area contributed by atoms with Crippen molar-refractivity contribution in [2.24, 2.45) is 11.7 Å². The molecule has 3 N–H and O–H groups in total. The fourth-order valence-corrected chi connectivity index (χ4v) is 2.98. The maximum atomic E-state index is 11.6. The third-order valence-electron chi connectivity index (χ3n) is 4.37. The number of nitrogens with one attached hydrogen (secondary N) is 1. The maximum Gasteiger partial charge on any atom is 0.222 e. The highest BCUT2D eigenvalue weighted by Gasteiger charge is 2.26. The van der Waals surface area contributed by atoms with Crippen molar-refractivity contribution in [2.75, 3.05) is 0 Å². The maximum absolute atomic E-state index is 11.6. The van der Waals surface area contributed by atoms with Gasteiger partial charge in [0.1, 0.15) is 0 Å². The molecule has 0 fully saturated rings. The number of rotatable bonds is 5. The highest BCUT2D eigenvalue weighted by molar-refractivity contribution is 5.77. The van der Waals surface area contributed by atoms with Crippen molar-refractivity contribution in [3.8, 4) is 5.69 Å². The zero-order valence-electron chi connectivity index (χ0n) is 13.3. The van der Waals surface area contributed by atoms with E-state index in [0.29, 0.717) is 6.54 Å². The number of aromatic nitrogens is 2. The first-order valence-electron chi connectivity index (χ1n) is 7.93. The number of nitrogens with two attached hydrogens (primary N) is 1. The highest BCUT2D eigenvalue weighted by Crippen LogP contribution is 2.20. The Hall–Kier alpha value is -2.40. The van der Waals surface area contributed by atoms with E-state index >= 15 is 0 Å². The number of hydrogen-bond acceptors (Lipinski definition) is 3. The number of benzene rings is 1. The fraction of sp³-hybridized carbons (Fsp3) is 0.333. The average Bonchev–Trinajstić information content (AvgIpc) is 2.95. The number of primary amides is 1. The standard InChI is InChI=1S/C18H22N4O/c1-13-14(12-22(21-13)15-7-3-2-4-8-15)11-20-17-10-6-5-9-16(17)18(19)23/h2-8,12,16-17,20H,9-11H2,1H3,(H2,19,23). The van der Waals surface area contributed by atoms with Gasteiger partial charge in [0.05, 0.1) is 17.3 Å². The van der Waals surface area contributed by atoms with Crippen LogP contribution in [-0.4, -0.2) is 21.7 Å². The molecular formula is C18H22N4O. The third kappa shape index (κ3) is 3.51. The third-order valence-corrected chi connectivity index (χ3v) is 4.37. The first kappa shape index (κ1) is 15.5. The summed E-state index contributed by atoms with van der Waals surface area (Å²) in [4.78, 5) is 11.6. The molecule has 2 atom stereocenters. The number of amides is 1. The van der Waals surface area contributed by atoms with E-state index in [1.165, 1.54) is 0 Å². The molecule has 120 valence electrons. The molecule has 5 heteroatoms. The topological polar surface area (TPSA) is 72.9 Å². The van der Waals surface area contributed by atoms with Gasteiger partial charge in [-0.25, -0.2) is 4.68 Å². The monoisotopic (exact) mass is 310 g/mol. The van der Waals surface area contributed by atoms with Crippen LogP contribution in [-0.2, 0) is 11.3 Å². The van der Waals surface area contributed by atoms with Crippen LogP contribution in [0.5, 0.6) is 0 Å². The highest BCUT2D eigenvalue weighted by atomic mass is 16.1. The number of allylic oxidation sites excluding steroid dienone is 1. The van der Waals surface area contributed by atoms with Crippen molar-refractivity contribution < 1.29 is 4.79 Å². The largest absolute Gasteiger partial charge is 0.369 e. The van der Waals surface area contributed by atoms with Crippen LogP contribution in [0.15, 0.2) is 48.7 Å². The summed E-state index contributed by atoms with van der Waals surface area (Å²) in [6, 6.07) is 10.1. The Morgan fingerprint density at radius 3 is 2.78 bits per heavy atom. The summed E-state index contributed by atoms with van der Waals surface area (Å²) in [7, 11) is 0. The summed E-state index contributed by atoms with van der Waals surface area (Å²) in [6.45, 7) is 2.68. The molecule has 0 spiro atoms. The van der Waals surface area contributed by atoms with Gasteiger partial charge in [0.25, 0.3) is 0 Å². The van der Waals surface area contributed by atoms with Crippen LogP contribution in [0.3, 0.4) is 0 Å². The van der Waals surface area contributed by atoms with Crippen molar-refractivity contribution in [1.82, 2.24) is 15.1 Å². The SMILES string of the molecule is Cc1nn(-c2ccccc2)cc1CNC1CC=CCC1C(N)=O. The Bertz CT molecular complexity index is 705. The minimum absolute atomic E-state index is 0.0944. The van der Waals surface area contributed by atoms with Gasteiger partial charge in [0, 0.05) is 24.3 Å². The quantitative estimate of drug-likeness (QED) is 0.831. The molecule has 1 aromatic heterocycles. The molecule has 1 aliphatic carbocycles. The van der Waals surface area contributed by atoms with Crippen LogP contribution in [0.1, 0.15) is 24.1 Å². The van der Waals surface area contributed by atoms with Crippen LogP contribution in [0.4, 0.5) is 0 Å². The lowest BCUT2D eigenvalue weighted by molar-refractivity contribution is -0.122. The Kier molecular flexibility index (Phi) is 4.57. The summed E-state index contributed by atoms with van der Waals surface area (Å²) >= 11 is 0. The lowest BCUT2D eigenvalue weighted by Gasteiger charge is -2.27. The van der Waals surface area contributed by atoms with Crippen LogP contribution in [0, 0.1) is 12.8 Å². The second kappa shape index (κ2) is 6.79. The zero-order valence-corrected chi connectivity index (χ0v) is 13.3. The second-order valence-corrected chi connectivity index (χ2v) is 5.96. The van der Waals surface area contributed by atoms with Gasteiger partial charge < -0.3 is 11.1 Å². The fourth-order valence-electron chi connectivity index (χ4n) is 2.98. The smallest absolute Gasteiger partial charge is 0.222 e. The number of aryl methyl sites for hydroxylation is 1. The van der Waals surface area contributed by atoms with Crippen molar-refractivity contribution in [3.05, 3.63) is 59.9 Å². The van der Waals surface area contributed by atoms with Crippen molar-refractivity contribution in [1.29, 1.82) is 0 Å². The number of nitrogens with zero attached hydrogens (tertiary/aromatic N) is 2. The van der Waals surface area contributed by atoms with Gasteiger partial charge in [-0.2, -0.15) is 5.10 Å². The predicted octanol–water partition coefficient (Wildman–Crippen LogP) is 2.09. The predicted molar refractivity (Wildman–Crippen MR) is 90.0 cm³/mol. The molecule has 1 aliphatic rings. The number of carbonyl (C=O) groups excluding carboxylic acids is 1. The van der Waals surface area contributed by atoms with Gasteiger partial charge in [-0.1, -0.05) is 30.4 Å². The van der Waals surface area contributed by atoms with Crippen LogP contribution in [0.2, 0.25) is 0 Å². The molecule has 1 amide bonds. The van der Waals surface area contributed by atoms with E-state index in [0.717, 1.165) is 29.8 Å². The number of hydrogen-bond donors (Lipinski definition) is 2. The molecule has 2 aromatic rings. The van der Waals surface area contributed by atoms with Gasteiger partial charge in [-0.3, -0.25) is 4.79 Å². The zero-order chi connectivity index (χ0) is 16.2. The molecule has 2 unspecified atom stereocenters. The summed E-state index contributed by atoms with van der Waals surface area (Å²) in [5.41, 5.74) is 8.67. The van der Waals surface area contributed by atoms with Crippen LogP contribution >= 0.6 is 0 Å². The summed E-state index contributed by atoms with van der Waals surface area (Å²) in [5.74, 6) is -0.368. The lowest BCUT2D eigenvalue weighted by Crippen LogP contribution is -2.43. The van der Waals surface area contributed by atoms with Gasteiger partial charge in [0.2, 0.25) is 5.91 Å². The molecule has 1 aromatic carbocycles. The average molecular weight is 310 g/mol. The van der Waals surface area contributed by atoms with Crippen molar-refractivity contribution in [3.63, 3.8) is 0 Å². The van der Waals surface area contributed by atoms with Gasteiger partial charge in [-0.05, 0) is 31.9 Å². The van der Waals surface area contributed by atoms with E-state index in [4.69, 9.17) is 5.73 Å². The van der Waals surface area contributed by atoms with E-state index in [-0.39, 0.29) is 17.9 Å². The van der Waals surface area contributed by atoms with Crippen molar-refractivity contribution >= 4 is 5.91 Å². The lowest BCUT2D eigenvalue weighted by atomic mass is 9.88. The Balaban J connectivity index is 1.70. The van der Waals surface area contributed by atoms with E-state index < -0.39 is 0 Å². The summed E-state index contributed by atoms with van der Waals surface area (Å²) < 4.78 is 1.89. The molecule has 23 heavy (non-hydrogen) atoms. The minimum atomic E-state index is -0.233. The molecule has 1 heterocycles. The van der Waals surface area contributed by atoms with Crippen molar-refractivity contribution in [2.45, 2.75) is 32.4 Å². The Labute approximate surface area is 136 Å². The normalized spacial score (nSPS) is 20.6. The van der Waals surface area contributed by atoms with Crippen LogP contribution in [0.25, 0.3) is 5.69 Å². The molecule has 0 saturated carbocycles. The molecule has 3 rings (SSSR count). The van der Waals surface area contributed by atoms with E-state index in [1.54, 1.807) is 0 Å². The first-order chi connectivity index (χ1) is 11.1. The summed E-state index contributed by atoms with van der Waals surface area (Å²) in [5, 5.41) is 8.04. The second-order valence-electron chi connectivity index (χ2n) is 5.96. The van der Waals surface area contributed by atoms with Gasteiger partial charge >= 0.3 is 0 Å². The molecule has 0 radical (unpaired) electrons. The summed E-state index contributed by atoms with van der Waals surface area (Å²) in [6.07, 6.45) is 7.73. The van der Waals surface area contributed by atoms with E-state index in [1.807, 2.05) is 54.2 Å². The molecule has 0 bridgehead atoms. The minimum Gasteiger partial charge on any atom is -0.369 e. The van der Waals surface area contributed by atoms with Gasteiger partial charge in [-0.15, -0.1) is 0 Å². The Morgan fingerprint density at radius 2 is 2.04 bits per heavy atom. The van der Waals surface area contributed by atoms with Crippen LogP contribution < -0.4 is 11.1 Å². The van der Waals surface area contributed by atoms with Gasteiger partial charge in [0.15, 0.2) is 0 Å². The number of para-hydroxylation sites is 1. The molecule has 0 saturated heterocycles. The number of carbonyl (C=O) groups is 1. The molecule has 5 nitrogen and oxygen atoms in total. The molecular weight excluding hydrogens is 288 g/mol. The van der Waals surface area contributed by atoms with E-state index in [9.17, 15) is 4.79 Å². The molecule has 0 aliphatic heterocycles.